The second-order valence-electron chi connectivity index (χ2n) is 3.68. The number of hydrogen-bond donors (Lipinski definition) is 2. The third-order valence-electron chi connectivity index (χ3n) is 2.74. The molecule has 82 valence electrons. The summed E-state index contributed by atoms with van der Waals surface area (Å²) in [5.41, 5.74) is 4.24. The maximum Gasteiger partial charge on any atom is 0.280 e. The fourth-order valence-corrected chi connectivity index (χ4v) is 1.97. The highest BCUT2D eigenvalue weighted by atomic mass is 19.3. The second kappa shape index (κ2) is 4.20. The van der Waals surface area contributed by atoms with Crippen LogP contribution in [0.3, 0.4) is 0 Å². The fraction of sp³-hybridized carbons (Fsp3) is 0.500. The summed E-state index contributed by atoms with van der Waals surface area (Å²) in [5.74, 6) is 5.39. The van der Waals surface area contributed by atoms with Gasteiger partial charge in [-0.1, -0.05) is 6.07 Å². The maximum atomic E-state index is 12.4. The fourth-order valence-electron chi connectivity index (χ4n) is 1.97. The van der Waals surface area contributed by atoms with Crippen molar-refractivity contribution in [3.63, 3.8) is 0 Å². The average Bonchev–Trinajstić information content (AvgIpc) is 2.27. The Morgan fingerprint density at radius 1 is 1.47 bits per heavy atom. The number of rotatable bonds is 2. The molecule has 2 rings (SSSR count). The van der Waals surface area contributed by atoms with Gasteiger partial charge < -0.3 is 0 Å². The van der Waals surface area contributed by atoms with Crippen LogP contribution in [0.1, 0.15) is 42.3 Å². The van der Waals surface area contributed by atoms with E-state index in [1.165, 1.54) is 6.07 Å². The first-order valence-electron chi connectivity index (χ1n) is 4.96. The van der Waals surface area contributed by atoms with Gasteiger partial charge in [0.2, 0.25) is 0 Å². The molecule has 0 fully saturated rings. The normalized spacial score (nSPS) is 20.4. The van der Waals surface area contributed by atoms with Gasteiger partial charge >= 0.3 is 0 Å². The van der Waals surface area contributed by atoms with Crippen LogP contribution in [-0.4, -0.2) is 4.98 Å². The molecule has 0 radical (unpaired) electrons. The molecule has 15 heavy (non-hydrogen) atoms. The van der Waals surface area contributed by atoms with Gasteiger partial charge in [0.25, 0.3) is 6.43 Å². The first-order valence-corrected chi connectivity index (χ1v) is 4.96. The Morgan fingerprint density at radius 2 is 2.27 bits per heavy atom. The van der Waals surface area contributed by atoms with E-state index < -0.39 is 6.43 Å². The molecule has 0 amide bonds. The van der Waals surface area contributed by atoms with Crippen LogP contribution in [0.4, 0.5) is 8.78 Å². The molecule has 5 heteroatoms. The van der Waals surface area contributed by atoms with Crippen LogP contribution in [-0.2, 0) is 6.42 Å². The van der Waals surface area contributed by atoms with Gasteiger partial charge in [-0.2, -0.15) is 0 Å². The highest BCUT2D eigenvalue weighted by molar-refractivity contribution is 5.28. The molecule has 3 N–H and O–H groups in total. The van der Waals surface area contributed by atoms with E-state index in [1.807, 2.05) is 0 Å². The van der Waals surface area contributed by atoms with Crippen LogP contribution >= 0.6 is 0 Å². The zero-order chi connectivity index (χ0) is 10.8. The van der Waals surface area contributed by atoms with Crippen molar-refractivity contribution < 1.29 is 8.78 Å². The summed E-state index contributed by atoms with van der Waals surface area (Å²) < 4.78 is 24.8. The number of alkyl halides is 2. The highest BCUT2D eigenvalue weighted by Gasteiger charge is 2.21. The largest absolute Gasteiger partial charge is 0.280 e. The summed E-state index contributed by atoms with van der Waals surface area (Å²) in [6.07, 6.45) is 0.121. The van der Waals surface area contributed by atoms with Gasteiger partial charge in [0.05, 0.1) is 0 Å². The number of halogens is 2. The zero-order valence-electron chi connectivity index (χ0n) is 8.21. The lowest BCUT2D eigenvalue weighted by Gasteiger charge is -2.24. The Morgan fingerprint density at radius 3 is 2.93 bits per heavy atom. The molecule has 1 aliphatic rings. The van der Waals surface area contributed by atoms with Crippen molar-refractivity contribution in [3.8, 4) is 0 Å². The highest BCUT2D eigenvalue weighted by Crippen LogP contribution is 2.29. The van der Waals surface area contributed by atoms with Crippen LogP contribution in [0.5, 0.6) is 0 Å². The number of pyridine rings is 1. The number of nitrogens with two attached hydrogens (primary N) is 1. The van der Waals surface area contributed by atoms with E-state index in [9.17, 15) is 8.78 Å². The molecule has 3 nitrogen and oxygen atoms in total. The minimum absolute atomic E-state index is 0.0490. The van der Waals surface area contributed by atoms with Crippen molar-refractivity contribution in [1.82, 2.24) is 10.4 Å². The molecule has 0 aromatic carbocycles. The second-order valence-corrected chi connectivity index (χ2v) is 3.68. The van der Waals surface area contributed by atoms with Crippen LogP contribution in [0, 0.1) is 0 Å². The van der Waals surface area contributed by atoms with Gasteiger partial charge in [0, 0.05) is 11.7 Å². The quantitative estimate of drug-likeness (QED) is 0.582. The Bertz CT molecular complexity index is 355. The van der Waals surface area contributed by atoms with E-state index in [2.05, 4.69) is 10.4 Å². The average molecular weight is 213 g/mol. The number of hydrazine groups is 1. The van der Waals surface area contributed by atoms with Crippen molar-refractivity contribution in [2.75, 3.05) is 0 Å². The molecule has 0 bridgehead atoms. The molecule has 1 aliphatic carbocycles. The summed E-state index contributed by atoms with van der Waals surface area (Å²) in [7, 11) is 0. The smallest absolute Gasteiger partial charge is 0.271 e. The monoisotopic (exact) mass is 213 g/mol. The third-order valence-corrected chi connectivity index (χ3v) is 2.74. The number of aromatic nitrogens is 1. The Kier molecular flexibility index (Phi) is 2.93. The number of fused-ring (bicyclic) bond motifs is 1. The van der Waals surface area contributed by atoms with E-state index >= 15 is 0 Å². The summed E-state index contributed by atoms with van der Waals surface area (Å²) in [6, 6.07) is 3.13. The number of nitrogens with one attached hydrogen (secondary N) is 1. The third kappa shape index (κ3) is 1.98. The number of aryl methyl sites for hydroxylation is 1. The van der Waals surface area contributed by atoms with E-state index in [0.717, 1.165) is 30.5 Å². The van der Waals surface area contributed by atoms with Crippen LogP contribution in [0.2, 0.25) is 0 Å². The molecule has 1 aromatic rings. The molecule has 1 heterocycles. The van der Waals surface area contributed by atoms with Crippen LogP contribution in [0.15, 0.2) is 12.1 Å². The van der Waals surface area contributed by atoms with E-state index in [-0.39, 0.29) is 11.7 Å². The van der Waals surface area contributed by atoms with Crippen LogP contribution in [0.25, 0.3) is 0 Å². The van der Waals surface area contributed by atoms with Gasteiger partial charge in [0.15, 0.2) is 0 Å². The van der Waals surface area contributed by atoms with E-state index in [0.29, 0.717) is 0 Å². The summed E-state index contributed by atoms with van der Waals surface area (Å²) in [6.45, 7) is 0. The standard InChI is InChI=1S/C10H13F2N3/c11-10(12)9-5-4-6-7(14-9)2-1-3-8(6)15-13/h4-5,8,10,15H,1-3,13H2. The lowest BCUT2D eigenvalue weighted by atomic mass is 9.91. The molecule has 1 aromatic heterocycles. The first kappa shape index (κ1) is 10.4. The van der Waals surface area contributed by atoms with Crippen molar-refractivity contribution in [3.05, 3.63) is 29.1 Å². The zero-order valence-corrected chi connectivity index (χ0v) is 8.21. The van der Waals surface area contributed by atoms with E-state index in [4.69, 9.17) is 5.84 Å². The summed E-state index contributed by atoms with van der Waals surface area (Å²) in [4.78, 5) is 3.97. The molecule has 0 saturated heterocycles. The molecule has 0 spiro atoms. The molecule has 1 unspecified atom stereocenters. The molecule has 0 saturated carbocycles. The predicted octanol–water partition coefficient (Wildman–Crippen LogP) is 1.86. The molecule has 1 atom stereocenters. The first-order chi connectivity index (χ1) is 7.22. The van der Waals surface area contributed by atoms with Crippen molar-refractivity contribution in [2.45, 2.75) is 31.7 Å². The summed E-state index contributed by atoms with van der Waals surface area (Å²) in [5, 5.41) is 0. The Balaban J connectivity index is 2.36. The SMILES string of the molecule is NNC1CCCc2nc(C(F)F)ccc21. The lowest BCUT2D eigenvalue weighted by Crippen LogP contribution is -2.31. The minimum Gasteiger partial charge on any atom is -0.271 e. The molecular formula is C10H13F2N3. The lowest BCUT2D eigenvalue weighted by molar-refractivity contribution is 0.145. The molecule has 0 aliphatic heterocycles. The van der Waals surface area contributed by atoms with Gasteiger partial charge in [-0.25, -0.2) is 8.78 Å². The minimum atomic E-state index is -2.50. The van der Waals surface area contributed by atoms with E-state index in [1.54, 1.807) is 6.07 Å². The molecular weight excluding hydrogens is 200 g/mol. The van der Waals surface area contributed by atoms with Crippen molar-refractivity contribution in [1.29, 1.82) is 0 Å². The Hall–Kier alpha value is -1.07. The predicted molar refractivity (Wildman–Crippen MR) is 52.2 cm³/mol. The van der Waals surface area contributed by atoms with Gasteiger partial charge in [-0.3, -0.25) is 16.3 Å². The van der Waals surface area contributed by atoms with Crippen LogP contribution < -0.4 is 11.3 Å². The van der Waals surface area contributed by atoms with Gasteiger partial charge in [0.1, 0.15) is 5.69 Å². The van der Waals surface area contributed by atoms with Crippen molar-refractivity contribution >= 4 is 0 Å². The van der Waals surface area contributed by atoms with Crippen molar-refractivity contribution in [2.24, 2.45) is 5.84 Å². The number of nitrogens with zero attached hydrogens (tertiary/aromatic N) is 1. The Labute approximate surface area is 86.7 Å². The maximum absolute atomic E-state index is 12.4. The topological polar surface area (TPSA) is 50.9 Å². The van der Waals surface area contributed by atoms with Gasteiger partial charge in [-0.15, -0.1) is 0 Å². The van der Waals surface area contributed by atoms with Gasteiger partial charge in [-0.05, 0) is 30.9 Å². The number of hydrogen-bond acceptors (Lipinski definition) is 3. The summed E-state index contributed by atoms with van der Waals surface area (Å²) >= 11 is 0.